The maximum absolute atomic E-state index is 10.1. The highest BCUT2D eigenvalue weighted by molar-refractivity contribution is 6.13. The number of ether oxygens (including phenoxy) is 1. The average Bonchev–Trinajstić information content (AvgIpc) is 1.56. The van der Waals surface area contributed by atoms with Crippen LogP contribution in [0, 0.1) is 17.9 Å². The van der Waals surface area contributed by atoms with E-state index in [0.717, 1.165) is 144 Å². The SMILES string of the molecule is [C-]#[N+]c1ccc2c(c1)c1ccccc1n2-c1cnc2c(c1)C1(c3ccc(-n4c5ccccc5c5cc(C#N)ccc54)cc3Oc3cc(-n4c5ccccc5c5ccncc54)ccc31)c1cc(-n3c4ccccc4c4ccccc43)cnc1-2. The van der Waals surface area contributed by atoms with Crippen molar-refractivity contribution in [2.45, 2.75) is 5.41 Å². The number of hydrogen-bond donors (Lipinski definition) is 0. The van der Waals surface area contributed by atoms with Crippen LogP contribution in [-0.4, -0.2) is 33.2 Å². The van der Waals surface area contributed by atoms with Crippen molar-refractivity contribution in [2.75, 3.05) is 0 Å². The first kappa shape index (κ1) is 44.4. The summed E-state index contributed by atoms with van der Waals surface area (Å²) in [6, 6.07) is 76.8. The van der Waals surface area contributed by atoms with Crippen molar-refractivity contribution in [2.24, 2.45) is 0 Å². The second-order valence-electron chi connectivity index (χ2n) is 21.4. The molecule has 8 heterocycles. The maximum atomic E-state index is 10.1. The van der Waals surface area contributed by atoms with Crippen molar-refractivity contribution < 1.29 is 4.74 Å². The standard InChI is InChI=1S/C72H39N9O/c1-74-43-23-29-66-55(33-43)52-16-6-11-21-64(52)81(66)47-35-59-71(77-40-47)70-58(34-46(39-76-70)80-61-18-8-2-12-48(61)49-13-3-9-19-62(49)80)72(59)56-26-24-44(78-63-20-10-5-15-51(63)54-32-42(38-73)22-28-65(54)78)36-68(56)82-69-37-45(25-27-57(69)72)79-60-17-7-4-14-50(60)53-30-31-75-41-67(53)79/h2-37,39-41H. The highest BCUT2D eigenvalue weighted by atomic mass is 16.5. The van der Waals surface area contributed by atoms with E-state index in [1.807, 2.05) is 55.1 Å². The molecule has 18 rings (SSSR count). The summed E-state index contributed by atoms with van der Waals surface area (Å²) in [5, 5.41) is 18.7. The molecule has 1 spiro atoms. The van der Waals surface area contributed by atoms with Crippen molar-refractivity contribution in [3.8, 4) is 51.7 Å². The summed E-state index contributed by atoms with van der Waals surface area (Å²) in [5.74, 6) is 1.37. The largest absolute Gasteiger partial charge is 0.457 e. The average molecular weight is 1050 g/mol. The summed E-state index contributed by atoms with van der Waals surface area (Å²) in [4.78, 5) is 19.6. The van der Waals surface area contributed by atoms with Crippen LogP contribution in [0.5, 0.6) is 11.5 Å². The predicted octanol–water partition coefficient (Wildman–Crippen LogP) is 17.2. The molecule has 0 amide bonds. The number of aromatic nitrogens is 7. The predicted molar refractivity (Wildman–Crippen MR) is 326 cm³/mol. The number of fused-ring (bicyclic) bond motifs is 21. The molecule has 1 unspecified atom stereocenters. The second kappa shape index (κ2) is 16.2. The molecule has 10 heteroatoms. The maximum Gasteiger partial charge on any atom is 0.188 e. The van der Waals surface area contributed by atoms with E-state index in [1.165, 1.54) is 0 Å². The van der Waals surface area contributed by atoms with Crippen LogP contribution in [0.4, 0.5) is 5.69 Å². The molecule has 0 saturated carbocycles. The minimum atomic E-state index is -1.06. The van der Waals surface area contributed by atoms with Crippen LogP contribution >= 0.6 is 0 Å². The second-order valence-corrected chi connectivity index (χ2v) is 21.4. The molecule has 1 aliphatic carbocycles. The van der Waals surface area contributed by atoms with Gasteiger partial charge in [-0.15, -0.1) is 0 Å². The number of benzene rings is 9. The lowest BCUT2D eigenvalue weighted by atomic mass is 9.66. The molecule has 0 bridgehead atoms. The Balaban J connectivity index is 0.968. The van der Waals surface area contributed by atoms with E-state index >= 15 is 0 Å². The molecule has 9 aromatic carbocycles. The van der Waals surface area contributed by atoms with Crippen LogP contribution in [0.2, 0.25) is 0 Å². The van der Waals surface area contributed by atoms with Gasteiger partial charge >= 0.3 is 0 Å². The lowest BCUT2D eigenvalue weighted by molar-refractivity contribution is 0.436. The van der Waals surface area contributed by atoms with Gasteiger partial charge in [-0.1, -0.05) is 109 Å². The van der Waals surface area contributed by atoms with Gasteiger partial charge in [-0.25, -0.2) is 4.85 Å². The van der Waals surface area contributed by atoms with E-state index in [9.17, 15) is 5.26 Å². The summed E-state index contributed by atoms with van der Waals surface area (Å²) < 4.78 is 16.7. The van der Waals surface area contributed by atoms with Crippen LogP contribution in [0.25, 0.3) is 126 Å². The van der Waals surface area contributed by atoms with Crippen molar-refractivity contribution in [1.29, 1.82) is 5.26 Å². The number of nitrogens with zero attached hydrogens (tertiary/aromatic N) is 9. The Hall–Kier alpha value is -11.6. The molecule has 0 saturated heterocycles. The van der Waals surface area contributed by atoms with Gasteiger partial charge in [0.1, 0.15) is 11.5 Å². The molecule has 0 fully saturated rings. The van der Waals surface area contributed by atoms with Gasteiger partial charge in [0.05, 0.1) is 109 Å². The minimum absolute atomic E-state index is 0.584. The molecule has 0 radical (unpaired) electrons. The first-order valence-electron chi connectivity index (χ1n) is 27.2. The van der Waals surface area contributed by atoms with E-state index < -0.39 is 5.41 Å². The summed E-state index contributed by atoms with van der Waals surface area (Å²) in [6.45, 7) is 7.95. The van der Waals surface area contributed by atoms with Crippen LogP contribution in [-0.2, 0) is 5.41 Å². The summed E-state index contributed by atoms with van der Waals surface area (Å²) >= 11 is 0. The molecule has 378 valence electrons. The summed E-state index contributed by atoms with van der Waals surface area (Å²) in [6.07, 6.45) is 7.78. The number of rotatable bonds is 4. The first-order valence-corrected chi connectivity index (χ1v) is 27.2. The zero-order chi connectivity index (χ0) is 53.9. The molecule has 0 N–H and O–H groups in total. The molecule has 10 nitrogen and oxygen atoms in total. The molecule has 1 aliphatic heterocycles. The fraction of sp³-hybridized carbons (Fsp3) is 0.0139. The Labute approximate surface area is 467 Å². The number of nitriles is 1. The summed E-state index contributed by atoms with van der Waals surface area (Å²) in [7, 11) is 0. The number of para-hydroxylation sites is 5. The zero-order valence-corrected chi connectivity index (χ0v) is 43.4. The van der Waals surface area contributed by atoms with E-state index in [4.69, 9.17) is 21.3 Å². The molecule has 2 aliphatic rings. The lowest BCUT2D eigenvalue weighted by Gasteiger charge is -2.39. The highest BCUT2D eigenvalue weighted by Gasteiger charge is 2.53. The quantitative estimate of drug-likeness (QED) is 0.164. The molecular weight excluding hydrogens is 1010 g/mol. The normalized spacial score (nSPS) is 14.2. The highest BCUT2D eigenvalue weighted by Crippen LogP contribution is 2.63. The monoisotopic (exact) mass is 1050 g/mol. The lowest BCUT2D eigenvalue weighted by Crippen LogP contribution is -2.32. The number of pyridine rings is 3. The van der Waals surface area contributed by atoms with Gasteiger partial charge in [0.25, 0.3) is 0 Å². The fourth-order valence-electron chi connectivity index (χ4n) is 14.1. The minimum Gasteiger partial charge on any atom is -0.457 e. The third-order valence-electron chi connectivity index (χ3n) is 17.4. The molecule has 16 aromatic rings. The van der Waals surface area contributed by atoms with Gasteiger partial charge in [0.15, 0.2) is 5.69 Å². The Morgan fingerprint density at radius 2 is 0.817 bits per heavy atom. The van der Waals surface area contributed by atoms with E-state index in [1.54, 1.807) is 0 Å². The zero-order valence-electron chi connectivity index (χ0n) is 43.4. The topological polar surface area (TPSA) is 95.8 Å². The van der Waals surface area contributed by atoms with E-state index in [0.29, 0.717) is 22.7 Å². The third-order valence-corrected chi connectivity index (χ3v) is 17.4. The van der Waals surface area contributed by atoms with Crippen LogP contribution in [0.1, 0.15) is 27.8 Å². The Bertz CT molecular complexity index is 5520. The van der Waals surface area contributed by atoms with Crippen molar-refractivity contribution >= 4 is 92.9 Å². The van der Waals surface area contributed by atoms with Crippen LogP contribution < -0.4 is 4.74 Å². The van der Waals surface area contributed by atoms with Crippen molar-refractivity contribution in [3.05, 3.63) is 276 Å². The smallest absolute Gasteiger partial charge is 0.188 e. The number of hydrogen-bond acceptors (Lipinski definition) is 5. The van der Waals surface area contributed by atoms with Crippen LogP contribution in [0.15, 0.2) is 237 Å². The van der Waals surface area contributed by atoms with Crippen LogP contribution in [0.3, 0.4) is 0 Å². The first-order chi connectivity index (χ1) is 40.6. The Kier molecular flexibility index (Phi) is 8.80. The fourth-order valence-corrected chi connectivity index (χ4v) is 14.1. The van der Waals surface area contributed by atoms with Gasteiger partial charge in [-0.05, 0) is 96.4 Å². The molecule has 1 atom stereocenters. The van der Waals surface area contributed by atoms with Gasteiger partial charge in [0.2, 0.25) is 0 Å². The van der Waals surface area contributed by atoms with Gasteiger partial charge in [-0.2, -0.15) is 5.26 Å². The molecule has 7 aromatic heterocycles. The van der Waals surface area contributed by atoms with Gasteiger partial charge in [-0.3, -0.25) is 15.0 Å². The van der Waals surface area contributed by atoms with Crippen molar-refractivity contribution in [1.82, 2.24) is 33.2 Å². The van der Waals surface area contributed by atoms with Crippen molar-refractivity contribution in [3.63, 3.8) is 0 Å². The van der Waals surface area contributed by atoms with Gasteiger partial charge in [0, 0.05) is 89.7 Å². The van der Waals surface area contributed by atoms with E-state index in [2.05, 4.69) is 216 Å². The Morgan fingerprint density at radius 3 is 1.32 bits per heavy atom. The third kappa shape index (κ3) is 5.76. The Morgan fingerprint density at radius 1 is 0.390 bits per heavy atom. The van der Waals surface area contributed by atoms with Gasteiger partial charge < -0.3 is 23.0 Å². The van der Waals surface area contributed by atoms with E-state index in [-0.39, 0.29) is 0 Å². The molecular formula is C72H39N9O. The molecule has 82 heavy (non-hydrogen) atoms. The summed E-state index contributed by atoms with van der Waals surface area (Å²) in [5.41, 5.74) is 17.3.